The zero-order valence-electron chi connectivity index (χ0n) is 66.4. The fourth-order valence-electron chi connectivity index (χ4n) is 12.4. The van der Waals surface area contributed by atoms with Crippen molar-refractivity contribution < 1.29 is 99.8 Å². The molecule has 0 saturated carbocycles. The highest BCUT2D eigenvalue weighted by atomic mass is 35.5. The first kappa shape index (κ1) is 88.0. The van der Waals surface area contributed by atoms with E-state index in [4.69, 9.17) is 82.7 Å². The van der Waals surface area contributed by atoms with Crippen LogP contribution < -0.4 is 56.8 Å². The van der Waals surface area contributed by atoms with E-state index < -0.39 is 17.6 Å². The third-order valence-corrected chi connectivity index (χ3v) is 18.8. The second kappa shape index (κ2) is 44.6. The first-order valence-corrected chi connectivity index (χ1v) is 36.4. The molecule has 109 heavy (non-hydrogen) atoms. The maximum absolute atomic E-state index is 12.6. The number of nitrogens with zero attached hydrogens (tertiary/aromatic N) is 5. The van der Waals surface area contributed by atoms with Gasteiger partial charge < -0.3 is 95.6 Å². The fraction of sp³-hybridized carbons (Fsp3) is 0.488. The monoisotopic (exact) mass is 1540 g/mol. The number of methoxy groups -OCH3 is 9. The summed E-state index contributed by atoms with van der Waals surface area (Å²) in [6.07, 6.45) is 5.16. The molecule has 0 unspecified atom stereocenters. The minimum atomic E-state index is -0.949. The molecule has 6 aromatic rings. The number of hydrogen-bond donors (Lipinski definition) is 0. The van der Waals surface area contributed by atoms with Crippen molar-refractivity contribution in [2.24, 2.45) is 35.5 Å². The SMILES string of the molecule is CCCCN(C)C.COc1ccc(C[C@H]2COC(=O)[C@@H]2Cc2ccc(OC(=O)Cl)c(OC)c2)cc1OC.COc1ccc(C[C@H]2COC(=O)[C@@H]2Cc2ccc(OC(=O)N(C)CCN(C)C)c(OC)c2)cc1OC.COc1ccc(C[C@H]2COC(=O)[C@@H]2Cc2ccc(OC(=O)N(C)CCN(C)C)c(OC)c2)cc1OC. The van der Waals surface area contributed by atoms with Gasteiger partial charge in [0.15, 0.2) is 69.0 Å². The first-order chi connectivity index (χ1) is 52.2. The van der Waals surface area contributed by atoms with Gasteiger partial charge in [-0.05, 0) is 200 Å². The molecule has 3 aliphatic rings. The Balaban J connectivity index is 0.000000245. The van der Waals surface area contributed by atoms with Gasteiger partial charge in [-0.15, -0.1) is 0 Å². The van der Waals surface area contributed by atoms with E-state index in [1.165, 1.54) is 50.5 Å². The number of unbranched alkanes of at least 4 members (excludes halogenated alkanes) is 1. The van der Waals surface area contributed by atoms with Gasteiger partial charge in [0.1, 0.15) is 0 Å². The van der Waals surface area contributed by atoms with Crippen molar-refractivity contribution in [3.63, 3.8) is 0 Å². The van der Waals surface area contributed by atoms with Crippen LogP contribution in [0.5, 0.6) is 69.0 Å². The number of carbonyl (C=O) groups is 6. The Bertz CT molecular complexity index is 3760. The van der Waals surface area contributed by atoms with Crippen molar-refractivity contribution in [1.29, 1.82) is 0 Å². The summed E-state index contributed by atoms with van der Waals surface area (Å²) >= 11 is 5.28. The van der Waals surface area contributed by atoms with Crippen LogP contribution in [-0.4, -0.2) is 233 Å². The van der Waals surface area contributed by atoms with Crippen molar-refractivity contribution >= 4 is 47.1 Å². The number of benzene rings is 6. The highest BCUT2D eigenvalue weighted by Gasteiger charge is 2.40. The predicted molar refractivity (Wildman–Crippen MR) is 413 cm³/mol. The van der Waals surface area contributed by atoms with Gasteiger partial charge in [0.25, 0.3) is 0 Å². The van der Waals surface area contributed by atoms with Crippen molar-refractivity contribution in [2.45, 2.75) is 58.3 Å². The van der Waals surface area contributed by atoms with E-state index in [-0.39, 0.29) is 59.2 Å². The number of likely N-dealkylation sites (N-methyl/N-ethyl adjacent to an activating group) is 4. The lowest BCUT2D eigenvalue weighted by molar-refractivity contribution is -0.142. The van der Waals surface area contributed by atoms with Crippen molar-refractivity contribution in [2.75, 3.05) is 173 Å². The topological polar surface area (TPSA) is 257 Å². The highest BCUT2D eigenvalue weighted by Crippen LogP contribution is 2.40. The minimum absolute atomic E-state index is 0.0157. The quantitative estimate of drug-likeness (QED) is 0.0211. The summed E-state index contributed by atoms with van der Waals surface area (Å²) < 4.78 is 80.5. The Labute approximate surface area is 646 Å². The number of carbonyl (C=O) groups excluding carboxylic acids is 6. The molecule has 3 aliphatic heterocycles. The lowest BCUT2D eigenvalue weighted by atomic mass is 9.85. The number of ether oxygens (including phenoxy) is 15. The van der Waals surface area contributed by atoms with Gasteiger partial charge in [0.05, 0.1) is 102 Å². The summed E-state index contributed by atoms with van der Waals surface area (Å²) in [6.45, 7) is 7.06. The van der Waals surface area contributed by atoms with E-state index >= 15 is 0 Å². The average Bonchev–Trinajstić information content (AvgIpc) is 1.25. The van der Waals surface area contributed by atoms with Gasteiger partial charge in [0.2, 0.25) is 0 Å². The molecule has 27 heteroatoms. The first-order valence-electron chi connectivity index (χ1n) is 36.0. The third kappa shape index (κ3) is 27.0. The zero-order chi connectivity index (χ0) is 79.9. The van der Waals surface area contributed by atoms with Gasteiger partial charge in [-0.1, -0.05) is 49.7 Å². The van der Waals surface area contributed by atoms with E-state index in [0.29, 0.717) is 135 Å². The second-order valence-electron chi connectivity index (χ2n) is 27.4. The van der Waals surface area contributed by atoms with E-state index in [0.717, 1.165) is 46.5 Å². The average molecular weight is 1540 g/mol. The van der Waals surface area contributed by atoms with E-state index in [2.05, 4.69) is 25.9 Å². The van der Waals surface area contributed by atoms with Crippen LogP contribution in [0.2, 0.25) is 0 Å². The van der Waals surface area contributed by atoms with E-state index in [1.807, 2.05) is 117 Å². The fourth-order valence-corrected chi connectivity index (χ4v) is 12.5. The molecule has 0 bridgehead atoms. The Kier molecular flexibility index (Phi) is 36.0. The molecule has 3 heterocycles. The van der Waals surface area contributed by atoms with Gasteiger partial charge in [-0.3, -0.25) is 14.4 Å². The molecular formula is C82H110ClN5O21. The summed E-state index contributed by atoms with van der Waals surface area (Å²) in [5.74, 6) is 4.55. The molecule has 6 atom stereocenters. The molecule has 6 aromatic carbocycles. The smallest absolute Gasteiger partial charge is 0.415 e. The van der Waals surface area contributed by atoms with Crippen LogP contribution in [0.1, 0.15) is 53.1 Å². The zero-order valence-corrected chi connectivity index (χ0v) is 67.1. The summed E-state index contributed by atoms with van der Waals surface area (Å²) in [5, 5.41) is 0. The summed E-state index contributed by atoms with van der Waals surface area (Å²) in [5.41, 5.74) is 4.82. The number of hydrogen-bond acceptors (Lipinski definition) is 24. The number of halogens is 1. The Morgan fingerprint density at radius 1 is 0.339 bits per heavy atom. The number of amides is 2. The van der Waals surface area contributed by atoms with Crippen LogP contribution in [0.4, 0.5) is 14.4 Å². The van der Waals surface area contributed by atoms with Crippen molar-refractivity contribution in [1.82, 2.24) is 24.5 Å². The second-order valence-corrected chi connectivity index (χ2v) is 27.7. The standard InChI is InChI=1S/2C27H36N2O7.C22H23ClO7.C6H15N/c2*1-28(2)11-12-29(3)27(31)36-23-10-8-19(16-25(23)34-6)14-21-20(17-35-26(21)30)13-18-7-9-22(32-4)24(15-18)33-5;1-26-17-6-4-13(10-19(17)27-2)8-15-12-29-21(24)16(15)9-14-5-7-18(30-22(23)25)20(11-14)28-3;1-4-5-6-7(2)3/h2*7-10,15-16,20-21H,11-14,17H2,1-6H3;4-7,10-11,15-16H,8-9,12H2,1-3H3;4-6H2,1-3H3/t2*20-,21+;15-,16+;/m000./s1. The summed E-state index contributed by atoms with van der Waals surface area (Å²) in [6, 6.07) is 33.1. The third-order valence-electron chi connectivity index (χ3n) is 18.8. The van der Waals surface area contributed by atoms with Crippen LogP contribution in [0.25, 0.3) is 0 Å². The van der Waals surface area contributed by atoms with Crippen molar-refractivity contribution in [3.05, 3.63) is 143 Å². The van der Waals surface area contributed by atoms with Gasteiger partial charge in [-0.2, -0.15) is 0 Å². The van der Waals surface area contributed by atoms with Gasteiger partial charge in [0, 0.05) is 69.6 Å². The minimum Gasteiger partial charge on any atom is -0.493 e. The maximum atomic E-state index is 12.6. The van der Waals surface area contributed by atoms with Crippen LogP contribution in [0.3, 0.4) is 0 Å². The normalized spacial score (nSPS) is 16.8. The molecule has 0 radical (unpaired) electrons. The van der Waals surface area contributed by atoms with E-state index in [1.54, 1.807) is 87.1 Å². The molecule has 0 N–H and O–H groups in total. The Morgan fingerprint density at radius 2 is 0.578 bits per heavy atom. The molecule has 0 spiro atoms. The van der Waals surface area contributed by atoms with Crippen molar-refractivity contribution in [3.8, 4) is 69.0 Å². The largest absolute Gasteiger partial charge is 0.493 e. The van der Waals surface area contributed by atoms with Crippen LogP contribution in [0.15, 0.2) is 109 Å². The molecule has 2 amide bonds. The summed E-state index contributed by atoms with van der Waals surface area (Å²) in [4.78, 5) is 82.7. The molecule has 0 aromatic heterocycles. The number of esters is 3. The number of rotatable bonds is 33. The predicted octanol–water partition coefficient (Wildman–Crippen LogP) is 11.9. The number of cyclic esters (lactones) is 3. The van der Waals surface area contributed by atoms with Crippen LogP contribution in [0, 0.1) is 35.5 Å². The highest BCUT2D eigenvalue weighted by molar-refractivity contribution is 6.61. The molecule has 9 rings (SSSR count). The molecule has 596 valence electrons. The molecular weight excluding hydrogens is 1430 g/mol. The Morgan fingerprint density at radius 3 is 0.807 bits per heavy atom. The maximum Gasteiger partial charge on any atom is 0.415 e. The lowest BCUT2D eigenvalue weighted by Gasteiger charge is -2.20. The Hall–Kier alpha value is -9.89. The molecule has 3 fully saturated rings. The summed E-state index contributed by atoms with van der Waals surface area (Å²) in [7, 11) is 29.5. The van der Waals surface area contributed by atoms with Crippen LogP contribution in [-0.2, 0) is 67.1 Å². The van der Waals surface area contributed by atoms with Crippen LogP contribution >= 0.6 is 11.6 Å². The lowest BCUT2D eigenvalue weighted by Crippen LogP contribution is -2.35. The molecule has 0 aliphatic carbocycles. The van der Waals surface area contributed by atoms with Gasteiger partial charge >= 0.3 is 35.5 Å². The van der Waals surface area contributed by atoms with Gasteiger partial charge in [-0.25, -0.2) is 14.4 Å². The molecule has 26 nitrogen and oxygen atoms in total. The molecule has 3 saturated heterocycles. The van der Waals surface area contributed by atoms with E-state index in [9.17, 15) is 28.8 Å².